The van der Waals surface area contributed by atoms with Gasteiger partial charge in [0.25, 0.3) is 0 Å². The number of piperidine rings is 1. The summed E-state index contributed by atoms with van der Waals surface area (Å²) in [5, 5.41) is 10.1. The zero-order chi connectivity index (χ0) is 27.9. The number of para-hydroxylation sites is 1. The maximum absolute atomic E-state index is 11.6. The molecule has 0 radical (unpaired) electrons. The summed E-state index contributed by atoms with van der Waals surface area (Å²) in [6.07, 6.45) is 4.47. The van der Waals surface area contributed by atoms with Crippen molar-refractivity contribution >= 4 is 28.6 Å². The maximum atomic E-state index is 11.6. The first-order valence-corrected chi connectivity index (χ1v) is 14.5. The van der Waals surface area contributed by atoms with Gasteiger partial charge in [0.05, 0.1) is 46.5 Å². The van der Waals surface area contributed by atoms with E-state index in [4.69, 9.17) is 30.8 Å². The zero-order valence-electron chi connectivity index (χ0n) is 22.5. The Kier molecular flexibility index (Phi) is 7.02. The molecule has 2 saturated heterocycles. The van der Waals surface area contributed by atoms with E-state index in [1.54, 1.807) is 24.4 Å². The van der Waals surface area contributed by atoms with Gasteiger partial charge in [0.15, 0.2) is 17.6 Å². The largest absolute Gasteiger partial charge is 0.485 e. The third-order valence-corrected chi connectivity index (χ3v) is 8.61. The molecule has 2 unspecified atom stereocenters. The number of rotatable bonds is 7. The second-order valence-corrected chi connectivity index (χ2v) is 11.4. The summed E-state index contributed by atoms with van der Waals surface area (Å²) in [7, 11) is 0. The third kappa shape index (κ3) is 5.25. The van der Waals surface area contributed by atoms with Crippen LogP contribution in [0.1, 0.15) is 58.7 Å². The van der Waals surface area contributed by atoms with E-state index in [1.165, 1.54) is 5.56 Å². The van der Waals surface area contributed by atoms with Crippen LogP contribution in [-0.2, 0) is 17.8 Å². The number of carboxylic acids is 1. The number of nitrogens with zero attached hydrogens (tertiary/aromatic N) is 4. The summed E-state index contributed by atoms with van der Waals surface area (Å²) in [4.78, 5) is 23.4. The highest BCUT2D eigenvalue weighted by atomic mass is 35.5. The van der Waals surface area contributed by atoms with Gasteiger partial charge in [-0.2, -0.15) is 0 Å². The molecule has 41 heavy (non-hydrogen) atoms. The van der Waals surface area contributed by atoms with Crippen molar-refractivity contribution < 1.29 is 24.1 Å². The molecule has 2 atom stereocenters. The Morgan fingerprint density at radius 1 is 1.10 bits per heavy atom. The Morgan fingerprint density at radius 3 is 2.68 bits per heavy atom. The van der Waals surface area contributed by atoms with Gasteiger partial charge in [0.2, 0.25) is 0 Å². The van der Waals surface area contributed by atoms with Crippen LogP contribution in [0.2, 0.25) is 5.02 Å². The fourth-order valence-corrected chi connectivity index (χ4v) is 6.14. The number of ether oxygens (including phenoxy) is 3. The van der Waals surface area contributed by atoms with E-state index in [1.807, 2.05) is 24.3 Å². The number of imidazole rings is 1. The second kappa shape index (κ2) is 11.0. The number of halogens is 1. The number of aromatic nitrogens is 3. The average Bonchev–Trinajstić information content (AvgIpc) is 3.31. The highest BCUT2D eigenvalue weighted by molar-refractivity contribution is 6.30. The van der Waals surface area contributed by atoms with E-state index in [2.05, 4.69) is 20.5 Å². The summed E-state index contributed by atoms with van der Waals surface area (Å²) in [6, 6.07) is 15.0. The van der Waals surface area contributed by atoms with Crippen LogP contribution in [0.25, 0.3) is 11.0 Å². The smallest absolute Gasteiger partial charge is 0.335 e. The summed E-state index contributed by atoms with van der Waals surface area (Å²) >= 11 is 6.03. The van der Waals surface area contributed by atoms with Gasteiger partial charge in [-0.15, -0.1) is 0 Å². The first-order chi connectivity index (χ1) is 20.0. The summed E-state index contributed by atoms with van der Waals surface area (Å²) in [5.74, 6) is 1.96. The third-order valence-electron chi connectivity index (χ3n) is 8.39. The Morgan fingerprint density at radius 2 is 1.95 bits per heavy atom. The van der Waals surface area contributed by atoms with E-state index >= 15 is 0 Å². The molecule has 3 aliphatic heterocycles. The van der Waals surface area contributed by atoms with Crippen LogP contribution in [0.5, 0.6) is 11.5 Å². The summed E-state index contributed by atoms with van der Waals surface area (Å²) < 4.78 is 20.4. The van der Waals surface area contributed by atoms with E-state index in [0.29, 0.717) is 30.6 Å². The van der Waals surface area contributed by atoms with Crippen LogP contribution in [0.4, 0.5) is 0 Å². The number of carbonyl (C=O) groups is 1. The van der Waals surface area contributed by atoms with Gasteiger partial charge in [0, 0.05) is 18.4 Å². The van der Waals surface area contributed by atoms with Crippen molar-refractivity contribution in [1.29, 1.82) is 0 Å². The molecule has 2 aromatic carbocycles. The van der Waals surface area contributed by atoms with Gasteiger partial charge in [-0.25, -0.2) is 9.78 Å². The summed E-state index contributed by atoms with van der Waals surface area (Å²) in [6.45, 7) is 4.40. The van der Waals surface area contributed by atoms with Crippen molar-refractivity contribution in [2.75, 3.05) is 26.3 Å². The van der Waals surface area contributed by atoms with E-state index in [-0.39, 0.29) is 17.8 Å². The fourth-order valence-electron chi connectivity index (χ4n) is 6.02. The van der Waals surface area contributed by atoms with Crippen molar-refractivity contribution in [3.8, 4) is 11.5 Å². The van der Waals surface area contributed by atoms with Gasteiger partial charge >= 0.3 is 5.97 Å². The molecule has 7 rings (SSSR count). The number of pyridine rings is 1. The van der Waals surface area contributed by atoms with Crippen molar-refractivity contribution in [2.24, 2.45) is 0 Å². The van der Waals surface area contributed by atoms with Crippen LogP contribution in [0, 0.1) is 0 Å². The van der Waals surface area contributed by atoms with Gasteiger partial charge < -0.3 is 23.9 Å². The molecule has 9 nitrogen and oxygen atoms in total. The lowest BCUT2D eigenvalue weighted by atomic mass is 9.88. The molecule has 0 amide bonds. The number of hydrogen-bond donors (Lipinski definition) is 1. The minimum atomic E-state index is -0.934. The van der Waals surface area contributed by atoms with Gasteiger partial charge in [-0.3, -0.25) is 9.88 Å². The fraction of sp³-hybridized carbons (Fsp3) is 0.387. The zero-order valence-corrected chi connectivity index (χ0v) is 23.3. The van der Waals surface area contributed by atoms with Crippen LogP contribution in [0.15, 0.2) is 54.7 Å². The molecule has 0 saturated carbocycles. The highest BCUT2D eigenvalue weighted by Gasteiger charge is 2.31. The predicted octanol–water partition coefficient (Wildman–Crippen LogP) is 5.46. The second-order valence-electron chi connectivity index (χ2n) is 11.0. The standard InChI is InChI=1S/C31H31ClN4O5/c32-21-5-7-25(33-15-21)28-18-40-27-3-1-2-23(30(27)41-28)19-8-11-35(12-9-19)17-29-34-24-6-4-20(31(37)38)14-26(24)36(29)16-22-10-13-39-22/h1-7,14-15,19,22,28H,8-13,16-18H2,(H,37,38). The summed E-state index contributed by atoms with van der Waals surface area (Å²) in [5.41, 5.74) is 3.92. The minimum Gasteiger partial charge on any atom is -0.485 e. The first-order valence-electron chi connectivity index (χ1n) is 14.1. The Bertz CT molecular complexity index is 1580. The number of benzene rings is 2. The lowest BCUT2D eigenvalue weighted by Gasteiger charge is -2.35. The Labute approximate surface area is 242 Å². The molecule has 0 bridgehead atoms. The molecule has 3 aliphatic rings. The first kappa shape index (κ1) is 26.3. The van der Waals surface area contributed by atoms with E-state index in [0.717, 1.165) is 73.0 Å². The number of aromatic carboxylic acids is 1. The quantitative estimate of drug-likeness (QED) is 0.310. The minimum absolute atomic E-state index is 0.142. The van der Waals surface area contributed by atoms with E-state index in [9.17, 15) is 9.90 Å². The van der Waals surface area contributed by atoms with E-state index < -0.39 is 5.97 Å². The molecule has 0 spiro atoms. The van der Waals surface area contributed by atoms with Crippen LogP contribution in [0.3, 0.4) is 0 Å². The van der Waals surface area contributed by atoms with Crippen LogP contribution < -0.4 is 9.47 Å². The SMILES string of the molecule is O=C(O)c1ccc2nc(CN3CCC(c4cccc5c4OC(c4ccc(Cl)cn4)CO5)CC3)n(CC3CCO3)c2c1. The van der Waals surface area contributed by atoms with Crippen LogP contribution >= 0.6 is 11.6 Å². The average molecular weight is 575 g/mol. The molecule has 4 aromatic rings. The molecular weight excluding hydrogens is 544 g/mol. The number of fused-ring (bicyclic) bond motifs is 2. The monoisotopic (exact) mass is 574 g/mol. The van der Waals surface area contributed by atoms with Gasteiger partial charge in [-0.1, -0.05) is 23.7 Å². The number of likely N-dealkylation sites (tertiary alicyclic amines) is 1. The molecule has 1 N–H and O–H groups in total. The molecule has 10 heteroatoms. The number of carboxylic acid groups (broad SMARTS) is 1. The molecule has 2 aromatic heterocycles. The topological polar surface area (TPSA) is 98.9 Å². The molecule has 0 aliphatic carbocycles. The van der Waals surface area contributed by atoms with Crippen LogP contribution in [-0.4, -0.2) is 62.9 Å². The molecule has 212 valence electrons. The normalized spacial score (nSPS) is 21.1. The van der Waals surface area contributed by atoms with Crippen molar-refractivity contribution in [2.45, 2.75) is 50.5 Å². The Hall–Kier alpha value is -3.66. The highest BCUT2D eigenvalue weighted by Crippen LogP contribution is 2.44. The van der Waals surface area contributed by atoms with Gasteiger partial charge in [0.1, 0.15) is 12.4 Å². The number of hydrogen-bond acceptors (Lipinski definition) is 7. The lowest BCUT2D eigenvalue weighted by molar-refractivity contribution is -0.0592. The Balaban J connectivity index is 1.07. The lowest BCUT2D eigenvalue weighted by Crippen LogP contribution is -2.35. The van der Waals surface area contributed by atoms with Crippen molar-refractivity contribution in [1.82, 2.24) is 19.4 Å². The predicted molar refractivity (Wildman–Crippen MR) is 153 cm³/mol. The van der Waals surface area contributed by atoms with Crippen molar-refractivity contribution in [3.05, 3.63) is 82.4 Å². The molecule has 5 heterocycles. The van der Waals surface area contributed by atoms with Crippen molar-refractivity contribution in [3.63, 3.8) is 0 Å². The molecular formula is C31H31ClN4O5. The maximum Gasteiger partial charge on any atom is 0.335 e. The van der Waals surface area contributed by atoms with Gasteiger partial charge in [-0.05, 0) is 74.7 Å². The molecule has 2 fully saturated rings.